The number of aryl methyl sites for hydroxylation is 1. The number of carbonyl (C=O) groups excluding carboxylic acids is 1. The summed E-state index contributed by atoms with van der Waals surface area (Å²) in [5.41, 5.74) is 1.96. The van der Waals surface area contributed by atoms with Crippen molar-refractivity contribution in [1.82, 2.24) is 0 Å². The van der Waals surface area contributed by atoms with Gasteiger partial charge in [-0.15, -0.1) is 0 Å². The predicted molar refractivity (Wildman–Crippen MR) is 78.1 cm³/mol. The van der Waals surface area contributed by atoms with E-state index in [1.165, 1.54) is 12.0 Å². The molecule has 0 spiro atoms. The summed E-state index contributed by atoms with van der Waals surface area (Å²) >= 11 is 0. The predicted octanol–water partition coefficient (Wildman–Crippen LogP) is 4.27. The van der Waals surface area contributed by atoms with E-state index in [-0.39, 0.29) is 11.9 Å². The zero-order valence-electron chi connectivity index (χ0n) is 11.9. The molecular weight excluding hydrogens is 252 g/mol. The maximum Gasteiger partial charge on any atom is 0.198 e. The number of carbonyl (C=O) groups is 1. The van der Waals surface area contributed by atoms with Crippen LogP contribution < -0.4 is 0 Å². The van der Waals surface area contributed by atoms with Gasteiger partial charge in [0, 0.05) is 18.4 Å². The molecule has 2 aromatic rings. The van der Waals surface area contributed by atoms with Crippen LogP contribution in [0.15, 0.2) is 28.7 Å². The first-order valence-electron chi connectivity index (χ1n) is 7.37. The summed E-state index contributed by atoms with van der Waals surface area (Å²) in [6.45, 7) is 2.87. The fourth-order valence-electron chi connectivity index (χ4n) is 2.75. The van der Waals surface area contributed by atoms with Crippen molar-refractivity contribution in [2.75, 3.05) is 6.61 Å². The van der Waals surface area contributed by atoms with Crippen LogP contribution in [0.2, 0.25) is 0 Å². The Labute approximate surface area is 118 Å². The number of fused-ring (bicyclic) bond motifs is 1. The van der Waals surface area contributed by atoms with Gasteiger partial charge >= 0.3 is 0 Å². The highest BCUT2D eigenvalue weighted by Crippen LogP contribution is 2.23. The van der Waals surface area contributed by atoms with Gasteiger partial charge in [-0.25, -0.2) is 0 Å². The van der Waals surface area contributed by atoms with Crippen LogP contribution in [0.5, 0.6) is 0 Å². The summed E-state index contributed by atoms with van der Waals surface area (Å²) in [5, 5.41) is 1.00. The van der Waals surface area contributed by atoms with Crippen molar-refractivity contribution in [3.8, 4) is 0 Å². The molecule has 3 heteroatoms. The molecule has 1 aliphatic rings. The number of hydrogen-bond donors (Lipinski definition) is 0. The highest BCUT2D eigenvalue weighted by Gasteiger charge is 2.18. The van der Waals surface area contributed by atoms with Gasteiger partial charge in [-0.05, 0) is 50.8 Å². The van der Waals surface area contributed by atoms with Gasteiger partial charge < -0.3 is 9.15 Å². The Morgan fingerprint density at radius 3 is 3.00 bits per heavy atom. The maximum atomic E-state index is 12.2. The second kappa shape index (κ2) is 5.80. The lowest BCUT2D eigenvalue weighted by Crippen LogP contribution is -2.19. The van der Waals surface area contributed by atoms with E-state index in [1.807, 2.05) is 31.2 Å². The van der Waals surface area contributed by atoms with Crippen LogP contribution >= 0.6 is 0 Å². The lowest BCUT2D eigenvalue weighted by Gasteiger charge is -2.21. The Balaban J connectivity index is 1.65. The maximum absolute atomic E-state index is 12.2. The van der Waals surface area contributed by atoms with Crippen LogP contribution in [0.4, 0.5) is 0 Å². The van der Waals surface area contributed by atoms with E-state index < -0.39 is 0 Å². The molecule has 106 valence electrons. The zero-order chi connectivity index (χ0) is 13.9. The molecule has 1 atom stereocenters. The van der Waals surface area contributed by atoms with Crippen LogP contribution in [0.1, 0.15) is 48.2 Å². The molecule has 1 aromatic heterocycles. The van der Waals surface area contributed by atoms with Gasteiger partial charge in [-0.1, -0.05) is 11.6 Å². The number of Topliss-reactive ketones (excluding diaryl/α,β-unsaturated/α-hetero) is 1. The Morgan fingerprint density at radius 2 is 2.20 bits per heavy atom. The molecule has 0 N–H and O–H groups in total. The van der Waals surface area contributed by atoms with Crippen LogP contribution in [-0.2, 0) is 4.74 Å². The van der Waals surface area contributed by atoms with Gasteiger partial charge in [0.1, 0.15) is 5.58 Å². The first kappa shape index (κ1) is 13.4. The van der Waals surface area contributed by atoms with E-state index in [4.69, 9.17) is 9.15 Å². The van der Waals surface area contributed by atoms with Gasteiger partial charge in [0.25, 0.3) is 0 Å². The molecule has 0 aliphatic carbocycles. The lowest BCUT2D eigenvalue weighted by molar-refractivity contribution is 0.0103. The molecule has 1 aliphatic heterocycles. The average Bonchev–Trinajstić information content (AvgIpc) is 2.89. The third-order valence-corrected chi connectivity index (χ3v) is 3.91. The summed E-state index contributed by atoms with van der Waals surface area (Å²) in [6.07, 6.45) is 4.99. The summed E-state index contributed by atoms with van der Waals surface area (Å²) in [4.78, 5) is 12.2. The van der Waals surface area contributed by atoms with Crippen LogP contribution in [0.25, 0.3) is 11.0 Å². The summed E-state index contributed by atoms with van der Waals surface area (Å²) in [5.74, 6) is 0.550. The number of rotatable bonds is 4. The van der Waals surface area contributed by atoms with Gasteiger partial charge in [0.2, 0.25) is 0 Å². The van der Waals surface area contributed by atoms with Gasteiger partial charge in [-0.2, -0.15) is 0 Å². The molecule has 2 heterocycles. The number of ketones is 1. The van der Waals surface area contributed by atoms with E-state index in [0.717, 1.165) is 36.8 Å². The molecule has 1 aromatic carbocycles. The number of furan rings is 1. The molecule has 1 unspecified atom stereocenters. The van der Waals surface area contributed by atoms with E-state index >= 15 is 0 Å². The number of hydrogen-bond acceptors (Lipinski definition) is 3. The Hall–Kier alpha value is -1.61. The molecule has 3 nitrogen and oxygen atoms in total. The number of benzene rings is 1. The van der Waals surface area contributed by atoms with Gasteiger partial charge in [-0.3, -0.25) is 4.79 Å². The van der Waals surface area contributed by atoms with E-state index in [2.05, 4.69) is 0 Å². The molecule has 0 radical (unpaired) electrons. The van der Waals surface area contributed by atoms with Crippen molar-refractivity contribution in [2.45, 2.75) is 45.1 Å². The Bertz CT molecular complexity index is 606. The average molecular weight is 272 g/mol. The third-order valence-electron chi connectivity index (χ3n) is 3.91. The monoisotopic (exact) mass is 272 g/mol. The Kier molecular flexibility index (Phi) is 3.88. The molecule has 0 amide bonds. The van der Waals surface area contributed by atoms with Crippen LogP contribution in [0.3, 0.4) is 0 Å². The quantitative estimate of drug-likeness (QED) is 0.780. The number of ether oxygens (including phenoxy) is 1. The van der Waals surface area contributed by atoms with Crippen molar-refractivity contribution < 1.29 is 13.9 Å². The van der Waals surface area contributed by atoms with E-state index in [1.54, 1.807) is 0 Å². The minimum Gasteiger partial charge on any atom is -0.453 e. The molecule has 20 heavy (non-hydrogen) atoms. The molecule has 0 saturated carbocycles. The largest absolute Gasteiger partial charge is 0.453 e. The molecule has 3 rings (SSSR count). The second-order valence-electron chi connectivity index (χ2n) is 5.60. The highest BCUT2D eigenvalue weighted by molar-refractivity contribution is 5.97. The van der Waals surface area contributed by atoms with Crippen LogP contribution in [0, 0.1) is 6.92 Å². The first-order chi connectivity index (χ1) is 9.72. The normalized spacial score (nSPS) is 19.4. The van der Waals surface area contributed by atoms with E-state index in [9.17, 15) is 4.79 Å². The molecule has 0 bridgehead atoms. The summed E-state index contributed by atoms with van der Waals surface area (Å²) in [7, 11) is 0. The molecule has 1 fully saturated rings. The first-order valence-corrected chi connectivity index (χ1v) is 7.37. The van der Waals surface area contributed by atoms with Gasteiger partial charge in [0.05, 0.1) is 6.10 Å². The van der Waals surface area contributed by atoms with Crippen molar-refractivity contribution in [1.29, 1.82) is 0 Å². The zero-order valence-corrected chi connectivity index (χ0v) is 11.9. The van der Waals surface area contributed by atoms with Gasteiger partial charge in [0.15, 0.2) is 11.5 Å². The summed E-state index contributed by atoms with van der Waals surface area (Å²) in [6, 6.07) is 7.81. The van der Waals surface area contributed by atoms with Crippen molar-refractivity contribution in [3.05, 3.63) is 35.6 Å². The fourth-order valence-corrected chi connectivity index (χ4v) is 2.75. The highest BCUT2D eigenvalue weighted by atomic mass is 16.5. The second-order valence-corrected chi connectivity index (χ2v) is 5.60. The van der Waals surface area contributed by atoms with Crippen molar-refractivity contribution in [2.24, 2.45) is 0 Å². The fraction of sp³-hybridized carbons (Fsp3) is 0.471. The Morgan fingerprint density at radius 1 is 1.30 bits per heavy atom. The SMILES string of the molecule is Cc1ccc2oc(C(=O)CCC3CCCCO3)cc2c1. The van der Waals surface area contributed by atoms with E-state index in [0.29, 0.717) is 12.2 Å². The summed E-state index contributed by atoms with van der Waals surface area (Å²) < 4.78 is 11.3. The molecular formula is C17H20O3. The minimum absolute atomic E-state index is 0.0769. The smallest absolute Gasteiger partial charge is 0.198 e. The minimum atomic E-state index is 0.0769. The lowest BCUT2D eigenvalue weighted by atomic mass is 10.0. The molecule has 1 saturated heterocycles. The van der Waals surface area contributed by atoms with Crippen LogP contribution in [-0.4, -0.2) is 18.5 Å². The van der Waals surface area contributed by atoms with Crippen molar-refractivity contribution in [3.63, 3.8) is 0 Å². The van der Waals surface area contributed by atoms with Crippen molar-refractivity contribution >= 4 is 16.8 Å². The topological polar surface area (TPSA) is 39.4 Å². The third kappa shape index (κ3) is 2.93. The standard InChI is InChI=1S/C17H20O3/c1-12-5-8-16-13(10-12)11-17(20-16)15(18)7-6-14-4-2-3-9-19-14/h5,8,10-11,14H,2-4,6-7,9H2,1H3.